The summed E-state index contributed by atoms with van der Waals surface area (Å²) in [7, 11) is 0. The number of hydrogen-bond acceptors (Lipinski definition) is 4. The van der Waals surface area contributed by atoms with Crippen LogP contribution >= 0.6 is 0 Å². The molecule has 27 heavy (non-hydrogen) atoms. The number of benzene rings is 2. The second-order valence-electron chi connectivity index (χ2n) is 6.39. The van der Waals surface area contributed by atoms with E-state index in [0.29, 0.717) is 16.9 Å². The minimum absolute atomic E-state index is 0.0125. The van der Waals surface area contributed by atoms with Gasteiger partial charge in [0.2, 0.25) is 0 Å². The first-order valence-corrected chi connectivity index (χ1v) is 8.65. The number of carbonyl (C=O) groups is 2. The Morgan fingerprint density at radius 3 is 2.22 bits per heavy atom. The van der Waals surface area contributed by atoms with E-state index in [2.05, 4.69) is 35.5 Å². The number of amides is 1. The highest BCUT2D eigenvalue weighted by molar-refractivity contribution is 6.03. The smallest absolute Gasteiger partial charge is 0.274 e. The molecule has 0 bridgehead atoms. The molecule has 1 amide bonds. The molecule has 0 spiro atoms. The number of nitrogens with zero attached hydrogens (tertiary/aromatic N) is 1. The summed E-state index contributed by atoms with van der Waals surface area (Å²) in [6.45, 7) is 5.63. The van der Waals surface area contributed by atoms with Crippen molar-refractivity contribution >= 4 is 28.8 Å². The second-order valence-corrected chi connectivity index (χ2v) is 6.39. The quantitative estimate of drug-likeness (QED) is 0.636. The van der Waals surface area contributed by atoms with E-state index in [1.165, 1.54) is 18.1 Å². The molecule has 0 aliphatic heterocycles. The third-order valence-corrected chi connectivity index (χ3v) is 4.43. The maximum atomic E-state index is 12.3. The first kappa shape index (κ1) is 18.3. The third kappa shape index (κ3) is 4.39. The SMILES string of the molecule is CC(=O)c1ccc(NC(=O)c2ccc(Nc3cccc(C)c3C)cn2)cc1. The Morgan fingerprint density at radius 1 is 0.889 bits per heavy atom. The number of nitrogens with one attached hydrogen (secondary N) is 2. The van der Waals surface area contributed by atoms with Gasteiger partial charge in [-0.05, 0) is 74.4 Å². The van der Waals surface area contributed by atoms with E-state index in [-0.39, 0.29) is 11.7 Å². The lowest BCUT2D eigenvalue weighted by atomic mass is 10.1. The van der Waals surface area contributed by atoms with Crippen LogP contribution in [-0.2, 0) is 0 Å². The highest BCUT2D eigenvalue weighted by Crippen LogP contribution is 2.22. The van der Waals surface area contributed by atoms with Gasteiger partial charge in [0.1, 0.15) is 5.69 Å². The molecule has 5 heteroatoms. The van der Waals surface area contributed by atoms with Gasteiger partial charge in [-0.25, -0.2) is 4.98 Å². The minimum atomic E-state index is -0.302. The van der Waals surface area contributed by atoms with Crippen LogP contribution in [0.4, 0.5) is 17.1 Å². The first-order valence-electron chi connectivity index (χ1n) is 8.65. The Hall–Kier alpha value is -3.47. The van der Waals surface area contributed by atoms with Gasteiger partial charge in [0.15, 0.2) is 5.78 Å². The summed E-state index contributed by atoms with van der Waals surface area (Å²) in [5.74, 6) is -0.315. The summed E-state index contributed by atoms with van der Waals surface area (Å²) in [6, 6.07) is 16.3. The van der Waals surface area contributed by atoms with Crippen LogP contribution in [0.15, 0.2) is 60.8 Å². The van der Waals surface area contributed by atoms with Crippen molar-refractivity contribution in [3.63, 3.8) is 0 Å². The summed E-state index contributed by atoms with van der Waals surface area (Å²) in [5.41, 5.74) is 5.74. The molecule has 2 N–H and O–H groups in total. The topological polar surface area (TPSA) is 71.1 Å². The van der Waals surface area contributed by atoms with Gasteiger partial charge in [-0.3, -0.25) is 9.59 Å². The van der Waals surface area contributed by atoms with Gasteiger partial charge in [-0.1, -0.05) is 12.1 Å². The van der Waals surface area contributed by atoms with Crippen molar-refractivity contribution in [2.75, 3.05) is 10.6 Å². The van der Waals surface area contributed by atoms with Crippen molar-refractivity contribution in [2.45, 2.75) is 20.8 Å². The molecule has 5 nitrogen and oxygen atoms in total. The summed E-state index contributed by atoms with van der Waals surface area (Å²) in [6.07, 6.45) is 1.63. The average Bonchev–Trinajstić information content (AvgIpc) is 2.66. The number of aryl methyl sites for hydroxylation is 1. The van der Waals surface area contributed by atoms with Gasteiger partial charge in [0, 0.05) is 16.9 Å². The molecule has 1 heterocycles. The van der Waals surface area contributed by atoms with Gasteiger partial charge in [0.25, 0.3) is 5.91 Å². The molecule has 3 aromatic rings. The molecule has 0 saturated carbocycles. The van der Waals surface area contributed by atoms with Crippen LogP contribution in [0.25, 0.3) is 0 Å². The number of pyridine rings is 1. The Labute approximate surface area is 158 Å². The summed E-state index contributed by atoms with van der Waals surface area (Å²) in [5, 5.41) is 6.10. The van der Waals surface area contributed by atoms with Crippen LogP contribution in [0.5, 0.6) is 0 Å². The molecule has 0 aliphatic carbocycles. The third-order valence-electron chi connectivity index (χ3n) is 4.43. The first-order chi connectivity index (χ1) is 12.9. The van der Waals surface area contributed by atoms with E-state index >= 15 is 0 Å². The van der Waals surface area contributed by atoms with Gasteiger partial charge in [-0.2, -0.15) is 0 Å². The zero-order valence-electron chi connectivity index (χ0n) is 15.5. The maximum absolute atomic E-state index is 12.3. The van der Waals surface area contributed by atoms with Crippen molar-refractivity contribution in [3.8, 4) is 0 Å². The van der Waals surface area contributed by atoms with Crippen molar-refractivity contribution in [1.29, 1.82) is 0 Å². The van der Waals surface area contributed by atoms with Crippen molar-refractivity contribution in [3.05, 3.63) is 83.2 Å². The largest absolute Gasteiger partial charge is 0.354 e. The number of ketones is 1. The van der Waals surface area contributed by atoms with Gasteiger partial charge in [0.05, 0.1) is 11.9 Å². The zero-order valence-corrected chi connectivity index (χ0v) is 15.5. The average molecular weight is 359 g/mol. The fraction of sp³-hybridized carbons (Fsp3) is 0.136. The lowest BCUT2D eigenvalue weighted by Crippen LogP contribution is -2.13. The highest BCUT2D eigenvalue weighted by atomic mass is 16.2. The van der Waals surface area contributed by atoms with E-state index in [9.17, 15) is 9.59 Å². The van der Waals surface area contributed by atoms with Crippen LogP contribution < -0.4 is 10.6 Å². The lowest BCUT2D eigenvalue weighted by Gasteiger charge is -2.11. The predicted molar refractivity (Wildman–Crippen MR) is 108 cm³/mol. The van der Waals surface area contributed by atoms with E-state index in [1.807, 2.05) is 18.2 Å². The molecule has 0 radical (unpaired) electrons. The normalized spacial score (nSPS) is 10.3. The molecule has 0 unspecified atom stereocenters. The molecule has 2 aromatic carbocycles. The van der Waals surface area contributed by atoms with E-state index in [0.717, 1.165) is 11.4 Å². The van der Waals surface area contributed by atoms with Crippen molar-refractivity contribution in [1.82, 2.24) is 4.98 Å². The number of carbonyl (C=O) groups excluding carboxylic acids is 2. The Morgan fingerprint density at radius 2 is 1.59 bits per heavy atom. The second kappa shape index (κ2) is 7.83. The van der Waals surface area contributed by atoms with Crippen molar-refractivity contribution in [2.24, 2.45) is 0 Å². The molecule has 0 saturated heterocycles. The Bertz CT molecular complexity index is 977. The van der Waals surface area contributed by atoms with Crippen LogP contribution in [0.2, 0.25) is 0 Å². The van der Waals surface area contributed by atoms with Crippen molar-refractivity contribution < 1.29 is 9.59 Å². The molecule has 0 aliphatic rings. The predicted octanol–water partition coefficient (Wildman–Crippen LogP) is 4.90. The molecular formula is C22H21N3O2. The molecule has 0 atom stereocenters. The maximum Gasteiger partial charge on any atom is 0.274 e. The van der Waals surface area contributed by atoms with E-state index < -0.39 is 0 Å². The van der Waals surface area contributed by atoms with Crippen LogP contribution in [0, 0.1) is 13.8 Å². The molecule has 1 aromatic heterocycles. The van der Waals surface area contributed by atoms with Crippen LogP contribution in [0.1, 0.15) is 38.9 Å². The zero-order chi connectivity index (χ0) is 19.4. The van der Waals surface area contributed by atoms with Gasteiger partial charge >= 0.3 is 0 Å². The van der Waals surface area contributed by atoms with Crippen LogP contribution in [0.3, 0.4) is 0 Å². The van der Waals surface area contributed by atoms with Crippen LogP contribution in [-0.4, -0.2) is 16.7 Å². The highest BCUT2D eigenvalue weighted by Gasteiger charge is 2.09. The Balaban J connectivity index is 1.68. The fourth-order valence-corrected chi connectivity index (χ4v) is 2.63. The Kier molecular flexibility index (Phi) is 5.31. The number of hydrogen-bond donors (Lipinski definition) is 2. The number of rotatable bonds is 5. The molecule has 3 rings (SSSR count). The number of anilines is 3. The summed E-state index contributed by atoms with van der Waals surface area (Å²) < 4.78 is 0. The lowest BCUT2D eigenvalue weighted by molar-refractivity contribution is 0.101. The monoisotopic (exact) mass is 359 g/mol. The van der Waals surface area contributed by atoms with E-state index in [1.54, 1.807) is 36.5 Å². The molecular weight excluding hydrogens is 338 g/mol. The van der Waals surface area contributed by atoms with E-state index in [4.69, 9.17) is 0 Å². The summed E-state index contributed by atoms with van der Waals surface area (Å²) in [4.78, 5) is 27.9. The number of Topliss-reactive ketones (excluding diaryl/α,β-unsaturated/α-hetero) is 1. The fourth-order valence-electron chi connectivity index (χ4n) is 2.63. The standard InChI is InChI=1S/C22H21N3O2/c1-14-5-4-6-20(15(14)2)24-19-11-12-21(23-13-19)22(27)25-18-9-7-17(8-10-18)16(3)26/h4-13,24H,1-3H3,(H,25,27). The number of aromatic nitrogens is 1. The summed E-state index contributed by atoms with van der Waals surface area (Å²) >= 11 is 0. The van der Waals surface area contributed by atoms with Gasteiger partial charge in [-0.15, -0.1) is 0 Å². The minimum Gasteiger partial charge on any atom is -0.354 e. The molecule has 136 valence electrons. The van der Waals surface area contributed by atoms with Gasteiger partial charge < -0.3 is 10.6 Å². The molecule has 0 fully saturated rings.